The topological polar surface area (TPSA) is 75.8 Å². The molecule has 1 aliphatic rings. The number of rotatable bonds is 4. The van der Waals surface area contributed by atoms with Crippen LogP contribution in [0, 0.1) is 5.92 Å². The van der Waals surface area contributed by atoms with Gasteiger partial charge in [-0.2, -0.15) is 0 Å². The largest absolute Gasteiger partial charge is 0.464 e. The molecule has 1 fully saturated rings. The fourth-order valence-electron chi connectivity index (χ4n) is 1.68. The van der Waals surface area contributed by atoms with E-state index in [0.29, 0.717) is 12.5 Å². The Bertz CT molecular complexity index is 181. The Morgan fingerprint density at radius 1 is 1.50 bits per heavy atom. The summed E-state index contributed by atoms with van der Waals surface area (Å²) in [6.45, 7) is 2.11. The molecule has 0 saturated carbocycles. The van der Waals surface area contributed by atoms with Crippen LogP contribution in [-0.2, 0) is 4.74 Å². The maximum atomic E-state index is 10.4. The smallest absolute Gasteiger partial charge is 0.421 e. The predicted octanol–water partition coefficient (Wildman–Crippen LogP) is 1.05. The molecule has 5 nitrogen and oxygen atoms in total. The molecule has 0 atom stereocenters. The van der Waals surface area contributed by atoms with Crippen molar-refractivity contribution in [2.24, 2.45) is 11.8 Å². The molecule has 0 unspecified atom stereocenters. The van der Waals surface area contributed by atoms with Crippen LogP contribution in [0.25, 0.3) is 0 Å². The van der Waals surface area contributed by atoms with E-state index in [0.717, 1.165) is 43.9 Å². The summed E-state index contributed by atoms with van der Waals surface area (Å²) < 4.78 is 5.24. The summed E-state index contributed by atoms with van der Waals surface area (Å²) in [6, 6.07) is 0. The number of ether oxygens (including phenoxy) is 1. The molecular weight excluding hydrogens is 184 g/mol. The van der Waals surface area contributed by atoms with Gasteiger partial charge >= 0.3 is 6.09 Å². The lowest BCUT2D eigenvalue weighted by Crippen LogP contribution is -2.37. The molecule has 0 aromatic heterocycles. The average molecular weight is 202 g/mol. The first kappa shape index (κ1) is 11.3. The molecule has 1 heterocycles. The van der Waals surface area contributed by atoms with Gasteiger partial charge in [0.2, 0.25) is 0 Å². The van der Waals surface area contributed by atoms with Gasteiger partial charge in [0.05, 0.1) is 0 Å². The lowest BCUT2D eigenvalue weighted by Gasteiger charge is -2.22. The third kappa shape index (κ3) is 3.93. The average Bonchev–Trinajstić information content (AvgIpc) is 2.19. The van der Waals surface area contributed by atoms with Crippen LogP contribution in [0.1, 0.15) is 25.7 Å². The molecule has 14 heavy (non-hydrogen) atoms. The van der Waals surface area contributed by atoms with E-state index in [-0.39, 0.29) is 0 Å². The molecule has 3 N–H and O–H groups in total. The van der Waals surface area contributed by atoms with Crippen molar-refractivity contribution in [1.82, 2.24) is 5.01 Å². The summed E-state index contributed by atoms with van der Waals surface area (Å²) in [5.74, 6) is 5.93. The second-order valence-electron chi connectivity index (χ2n) is 3.67. The molecule has 0 aliphatic carbocycles. The zero-order valence-corrected chi connectivity index (χ0v) is 8.32. The molecule has 1 rings (SSSR count). The predicted molar refractivity (Wildman–Crippen MR) is 51.7 cm³/mol. The van der Waals surface area contributed by atoms with Crippen molar-refractivity contribution in [3.63, 3.8) is 0 Å². The minimum atomic E-state index is -1.06. The molecule has 1 aliphatic heterocycles. The quantitative estimate of drug-likeness (QED) is 0.406. The second kappa shape index (κ2) is 5.82. The molecule has 82 valence electrons. The fourth-order valence-corrected chi connectivity index (χ4v) is 1.68. The lowest BCUT2D eigenvalue weighted by molar-refractivity contribution is 0.0621. The first-order valence-electron chi connectivity index (χ1n) is 5.03. The summed E-state index contributed by atoms with van der Waals surface area (Å²) in [6.07, 6.45) is 3.02. The first-order valence-corrected chi connectivity index (χ1v) is 5.03. The van der Waals surface area contributed by atoms with Crippen LogP contribution >= 0.6 is 0 Å². The van der Waals surface area contributed by atoms with Gasteiger partial charge in [0.15, 0.2) is 0 Å². The summed E-state index contributed by atoms with van der Waals surface area (Å²) in [7, 11) is 0. The highest BCUT2D eigenvalue weighted by molar-refractivity contribution is 5.63. The van der Waals surface area contributed by atoms with Gasteiger partial charge in [-0.25, -0.2) is 15.6 Å². The van der Waals surface area contributed by atoms with Crippen molar-refractivity contribution in [2.75, 3.05) is 19.8 Å². The van der Waals surface area contributed by atoms with Crippen molar-refractivity contribution in [3.8, 4) is 0 Å². The normalized spacial score (nSPS) is 18.1. The van der Waals surface area contributed by atoms with Gasteiger partial charge in [-0.15, -0.1) is 0 Å². The Morgan fingerprint density at radius 2 is 2.14 bits per heavy atom. The molecule has 0 aromatic rings. The van der Waals surface area contributed by atoms with E-state index in [9.17, 15) is 4.79 Å². The third-order valence-corrected chi connectivity index (χ3v) is 2.60. The number of carbonyl (C=O) groups is 1. The standard InChI is InChI=1S/C9H18N2O3/c10-11(9(12)13)5-1-2-8-3-6-14-7-4-8/h8H,1-7,10H2,(H,12,13). The fraction of sp³-hybridized carbons (Fsp3) is 0.889. The Morgan fingerprint density at radius 3 is 2.71 bits per heavy atom. The van der Waals surface area contributed by atoms with Crippen molar-refractivity contribution < 1.29 is 14.6 Å². The van der Waals surface area contributed by atoms with E-state index >= 15 is 0 Å². The summed E-state index contributed by atoms with van der Waals surface area (Å²) in [4.78, 5) is 10.4. The van der Waals surface area contributed by atoms with E-state index in [1.54, 1.807) is 0 Å². The number of hydrogen-bond acceptors (Lipinski definition) is 3. The molecule has 0 aromatic carbocycles. The number of amides is 1. The third-order valence-electron chi connectivity index (χ3n) is 2.60. The highest BCUT2D eigenvalue weighted by Crippen LogP contribution is 2.19. The van der Waals surface area contributed by atoms with E-state index in [1.807, 2.05) is 0 Å². The van der Waals surface area contributed by atoms with Crippen LogP contribution in [0.2, 0.25) is 0 Å². The Labute approximate surface area is 83.8 Å². The van der Waals surface area contributed by atoms with Gasteiger partial charge in [-0.1, -0.05) is 0 Å². The first-order chi connectivity index (χ1) is 6.70. The van der Waals surface area contributed by atoms with E-state index in [4.69, 9.17) is 15.7 Å². The van der Waals surface area contributed by atoms with E-state index in [1.165, 1.54) is 0 Å². The van der Waals surface area contributed by atoms with Crippen molar-refractivity contribution in [3.05, 3.63) is 0 Å². The molecule has 5 heteroatoms. The highest BCUT2D eigenvalue weighted by atomic mass is 16.5. The van der Waals surface area contributed by atoms with E-state index < -0.39 is 6.09 Å². The lowest BCUT2D eigenvalue weighted by atomic mass is 9.95. The highest BCUT2D eigenvalue weighted by Gasteiger charge is 2.14. The maximum absolute atomic E-state index is 10.4. The second-order valence-corrected chi connectivity index (χ2v) is 3.67. The number of hydrazine groups is 1. The Hall–Kier alpha value is -0.810. The van der Waals surface area contributed by atoms with Crippen LogP contribution in [0.3, 0.4) is 0 Å². The Kier molecular flexibility index (Phi) is 4.69. The maximum Gasteiger partial charge on any atom is 0.421 e. The van der Waals surface area contributed by atoms with E-state index in [2.05, 4.69) is 0 Å². The van der Waals surface area contributed by atoms with Gasteiger partial charge in [0.1, 0.15) is 0 Å². The number of carboxylic acid groups (broad SMARTS) is 1. The molecule has 0 radical (unpaired) electrons. The van der Waals surface area contributed by atoms with Crippen LogP contribution in [0.5, 0.6) is 0 Å². The molecule has 0 spiro atoms. The SMILES string of the molecule is NN(CCCC1CCOCC1)C(=O)O. The minimum Gasteiger partial charge on any atom is -0.464 e. The Balaban J connectivity index is 2.05. The zero-order valence-electron chi connectivity index (χ0n) is 8.32. The molecule has 0 bridgehead atoms. The number of hydrogen-bond donors (Lipinski definition) is 2. The summed E-state index contributed by atoms with van der Waals surface area (Å²) >= 11 is 0. The zero-order chi connectivity index (χ0) is 10.4. The molecule has 1 saturated heterocycles. The van der Waals surface area contributed by atoms with Crippen LogP contribution in [-0.4, -0.2) is 36.0 Å². The monoisotopic (exact) mass is 202 g/mol. The summed E-state index contributed by atoms with van der Waals surface area (Å²) in [5.41, 5.74) is 0. The summed E-state index contributed by atoms with van der Waals surface area (Å²) in [5, 5.41) is 9.35. The minimum absolute atomic E-state index is 0.423. The van der Waals surface area contributed by atoms with Gasteiger partial charge in [-0.05, 0) is 31.6 Å². The van der Waals surface area contributed by atoms with Gasteiger partial charge < -0.3 is 9.84 Å². The van der Waals surface area contributed by atoms with Gasteiger partial charge in [0, 0.05) is 19.8 Å². The van der Waals surface area contributed by atoms with Crippen LogP contribution < -0.4 is 5.84 Å². The van der Waals surface area contributed by atoms with Crippen molar-refractivity contribution in [1.29, 1.82) is 0 Å². The molecular formula is C9H18N2O3. The van der Waals surface area contributed by atoms with Crippen molar-refractivity contribution >= 4 is 6.09 Å². The van der Waals surface area contributed by atoms with Crippen LogP contribution in [0.4, 0.5) is 4.79 Å². The van der Waals surface area contributed by atoms with Crippen molar-refractivity contribution in [2.45, 2.75) is 25.7 Å². The van der Waals surface area contributed by atoms with Crippen LogP contribution in [0.15, 0.2) is 0 Å². The number of nitrogens with zero attached hydrogens (tertiary/aromatic N) is 1. The number of nitrogens with two attached hydrogens (primary N) is 1. The van der Waals surface area contributed by atoms with Gasteiger partial charge in [-0.3, -0.25) is 0 Å². The molecule has 1 amide bonds. The van der Waals surface area contributed by atoms with Gasteiger partial charge in [0.25, 0.3) is 0 Å².